The van der Waals surface area contributed by atoms with Crippen LogP contribution in [-0.2, 0) is 19.2 Å². The normalized spacial score (nSPS) is 43.9. The molecule has 8 nitrogen and oxygen atoms in total. The van der Waals surface area contributed by atoms with Crippen molar-refractivity contribution in [3.63, 3.8) is 0 Å². The van der Waals surface area contributed by atoms with Crippen molar-refractivity contribution in [1.82, 2.24) is 0 Å². The standard InChI is InChI=1S/C30H44O8/c1-25(2)15-9-10-19-27(5)13-18(32)23(30(8,38)21(34)12-20(33)26(3,4)37)28(27,6)14-22(35)29(19,7)16(15)11-17(31)24(25)36/h9,16,18-19,23-24,32,36-38H,10-14H2,1-8H3/t16-,18-,19+,23+,24+,27+,28-,29+,30+/m1/s1. The van der Waals surface area contributed by atoms with Gasteiger partial charge in [0, 0.05) is 29.6 Å². The summed E-state index contributed by atoms with van der Waals surface area (Å²) >= 11 is 0. The SMILES string of the molecule is CC(C)(O)C(=O)CC(=O)[C@](C)(O)[C@H]1[C@H](O)C[C@@]2(C)[C@@H]3CC=C4[C@@H](CC(=O)[C@H](O)C4(C)C)[C@]3(C)C(=O)C[C@]12C. The van der Waals surface area contributed by atoms with E-state index >= 15 is 0 Å². The molecule has 0 aromatic carbocycles. The molecule has 0 spiro atoms. The zero-order valence-electron chi connectivity index (χ0n) is 23.9. The van der Waals surface area contributed by atoms with Gasteiger partial charge >= 0.3 is 0 Å². The highest BCUT2D eigenvalue weighted by Crippen LogP contribution is 2.74. The van der Waals surface area contributed by atoms with Crippen LogP contribution in [0.4, 0.5) is 0 Å². The highest BCUT2D eigenvalue weighted by atomic mass is 16.3. The van der Waals surface area contributed by atoms with Crippen molar-refractivity contribution >= 4 is 23.1 Å². The van der Waals surface area contributed by atoms with Gasteiger partial charge in [-0.05, 0) is 56.3 Å². The second kappa shape index (κ2) is 8.38. The largest absolute Gasteiger partial charge is 0.393 e. The van der Waals surface area contributed by atoms with Crippen LogP contribution in [0.5, 0.6) is 0 Å². The number of rotatable bonds is 5. The Morgan fingerprint density at radius 3 is 2.11 bits per heavy atom. The maximum atomic E-state index is 14.2. The highest BCUT2D eigenvalue weighted by molar-refractivity contribution is 6.06. The third-order valence-corrected chi connectivity index (χ3v) is 11.6. The summed E-state index contributed by atoms with van der Waals surface area (Å²) < 4.78 is 0. The van der Waals surface area contributed by atoms with Gasteiger partial charge in [0.15, 0.2) is 17.3 Å². The number of aliphatic hydroxyl groups excluding tert-OH is 2. The monoisotopic (exact) mass is 532 g/mol. The summed E-state index contributed by atoms with van der Waals surface area (Å²) in [6.45, 7) is 13.3. The molecular weight excluding hydrogens is 488 g/mol. The topological polar surface area (TPSA) is 149 Å². The van der Waals surface area contributed by atoms with E-state index in [1.54, 1.807) is 0 Å². The lowest BCUT2D eigenvalue weighted by Crippen LogP contribution is -2.65. The summed E-state index contributed by atoms with van der Waals surface area (Å²) in [5.41, 5.74) is -6.27. The molecule has 4 rings (SSSR count). The van der Waals surface area contributed by atoms with E-state index in [-0.39, 0.29) is 42.7 Å². The number of ketones is 4. The number of carbonyl (C=O) groups is 4. The van der Waals surface area contributed by atoms with Crippen LogP contribution in [-0.4, -0.2) is 67.0 Å². The number of hydrogen-bond acceptors (Lipinski definition) is 8. The van der Waals surface area contributed by atoms with Crippen molar-refractivity contribution in [3.05, 3.63) is 11.6 Å². The third-order valence-electron chi connectivity index (χ3n) is 11.6. The minimum atomic E-state index is -2.11. The van der Waals surface area contributed by atoms with Crippen molar-refractivity contribution in [1.29, 1.82) is 0 Å². The Hall–Kier alpha value is -1.74. The average molecular weight is 533 g/mol. The Morgan fingerprint density at radius 2 is 1.55 bits per heavy atom. The molecule has 4 aliphatic carbocycles. The van der Waals surface area contributed by atoms with Crippen molar-refractivity contribution in [2.45, 2.75) is 111 Å². The molecule has 4 N–H and O–H groups in total. The van der Waals surface area contributed by atoms with Gasteiger partial charge in [-0.1, -0.05) is 46.3 Å². The van der Waals surface area contributed by atoms with Crippen LogP contribution < -0.4 is 0 Å². The van der Waals surface area contributed by atoms with Gasteiger partial charge in [-0.15, -0.1) is 0 Å². The molecule has 0 aliphatic heterocycles. The molecule has 0 saturated heterocycles. The van der Waals surface area contributed by atoms with Gasteiger partial charge in [-0.2, -0.15) is 0 Å². The van der Waals surface area contributed by atoms with Gasteiger partial charge in [0.25, 0.3) is 0 Å². The van der Waals surface area contributed by atoms with Gasteiger partial charge in [0.2, 0.25) is 0 Å². The van der Waals surface area contributed by atoms with Gasteiger partial charge in [-0.25, -0.2) is 0 Å². The van der Waals surface area contributed by atoms with Crippen LogP contribution in [0.3, 0.4) is 0 Å². The van der Waals surface area contributed by atoms with E-state index in [0.717, 1.165) is 5.57 Å². The van der Waals surface area contributed by atoms with E-state index in [4.69, 9.17) is 0 Å². The Bertz CT molecular complexity index is 1130. The molecule has 9 atom stereocenters. The predicted molar refractivity (Wildman–Crippen MR) is 139 cm³/mol. The minimum Gasteiger partial charge on any atom is -0.393 e. The van der Waals surface area contributed by atoms with Crippen LogP contribution in [0.2, 0.25) is 0 Å². The van der Waals surface area contributed by atoms with Crippen LogP contribution in [0.1, 0.15) is 87.5 Å². The van der Waals surface area contributed by atoms with Gasteiger partial charge < -0.3 is 20.4 Å². The molecule has 0 bridgehead atoms. The average Bonchev–Trinajstić information content (AvgIpc) is 2.97. The number of aliphatic hydroxyl groups is 4. The Labute approximate surface area is 224 Å². The summed E-state index contributed by atoms with van der Waals surface area (Å²) in [6.07, 6.45) is -0.0247. The van der Waals surface area contributed by atoms with Crippen molar-refractivity contribution in [2.24, 2.45) is 39.4 Å². The molecule has 0 radical (unpaired) electrons. The highest BCUT2D eigenvalue weighted by Gasteiger charge is 2.74. The van der Waals surface area contributed by atoms with Gasteiger partial charge in [-0.3, -0.25) is 19.2 Å². The number of hydrogen-bond donors (Lipinski definition) is 4. The molecule has 4 aliphatic rings. The summed E-state index contributed by atoms with van der Waals surface area (Å²) in [7, 11) is 0. The molecule has 3 fully saturated rings. The van der Waals surface area contributed by atoms with Crippen molar-refractivity contribution in [3.8, 4) is 0 Å². The molecule has 212 valence electrons. The van der Waals surface area contributed by atoms with Crippen molar-refractivity contribution < 1.29 is 39.6 Å². The fourth-order valence-corrected chi connectivity index (χ4v) is 9.07. The second-order valence-corrected chi connectivity index (χ2v) is 14.5. The molecular formula is C30H44O8. The fraction of sp³-hybridized carbons (Fsp3) is 0.800. The van der Waals surface area contributed by atoms with E-state index in [9.17, 15) is 39.6 Å². The first-order valence-corrected chi connectivity index (χ1v) is 13.7. The number of fused-ring (bicyclic) bond motifs is 5. The van der Waals surface area contributed by atoms with Gasteiger partial charge in [0.1, 0.15) is 23.1 Å². The first-order valence-electron chi connectivity index (χ1n) is 13.7. The number of carbonyl (C=O) groups excluding carboxylic acids is 4. The Kier molecular flexibility index (Phi) is 6.45. The second-order valence-electron chi connectivity index (χ2n) is 14.5. The zero-order valence-corrected chi connectivity index (χ0v) is 23.9. The minimum absolute atomic E-state index is 0.00203. The fourth-order valence-electron chi connectivity index (χ4n) is 9.07. The third kappa shape index (κ3) is 3.62. The predicted octanol–water partition coefficient (Wildman–Crippen LogP) is 2.33. The van der Waals surface area contributed by atoms with Crippen LogP contribution in [0.15, 0.2) is 11.6 Å². The Morgan fingerprint density at radius 1 is 0.974 bits per heavy atom. The summed E-state index contributed by atoms with van der Waals surface area (Å²) in [5, 5.41) is 43.7. The zero-order chi connectivity index (χ0) is 29.0. The quantitative estimate of drug-likeness (QED) is 0.311. The van der Waals surface area contributed by atoms with Crippen LogP contribution in [0, 0.1) is 39.4 Å². The van der Waals surface area contributed by atoms with Crippen LogP contribution >= 0.6 is 0 Å². The first-order chi connectivity index (χ1) is 17.1. The summed E-state index contributed by atoms with van der Waals surface area (Å²) in [5.74, 6) is -3.52. The lowest BCUT2D eigenvalue weighted by Gasteiger charge is -2.64. The summed E-state index contributed by atoms with van der Waals surface area (Å²) in [6, 6.07) is 0. The van der Waals surface area contributed by atoms with E-state index in [0.29, 0.717) is 6.42 Å². The molecule has 3 saturated carbocycles. The summed E-state index contributed by atoms with van der Waals surface area (Å²) in [4.78, 5) is 52.8. The van der Waals surface area contributed by atoms with E-state index < -0.39 is 69.0 Å². The maximum Gasteiger partial charge on any atom is 0.171 e. The molecule has 0 unspecified atom stereocenters. The maximum absolute atomic E-state index is 14.2. The van der Waals surface area contributed by atoms with Gasteiger partial charge in [0.05, 0.1) is 12.5 Å². The van der Waals surface area contributed by atoms with E-state index in [2.05, 4.69) is 6.08 Å². The lowest BCUT2D eigenvalue weighted by atomic mass is 9.38. The molecule has 0 amide bonds. The number of Topliss-reactive ketones (excluding diaryl/α,β-unsaturated/α-hetero) is 4. The molecule has 38 heavy (non-hydrogen) atoms. The first kappa shape index (κ1) is 29.2. The molecule has 8 heteroatoms. The molecule has 0 aromatic rings. The molecule has 0 aromatic heterocycles. The molecule has 0 heterocycles. The lowest BCUT2D eigenvalue weighted by molar-refractivity contribution is -0.185. The van der Waals surface area contributed by atoms with Crippen molar-refractivity contribution in [2.75, 3.05) is 0 Å². The smallest absolute Gasteiger partial charge is 0.171 e. The van der Waals surface area contributed by atoms with E-state index in [1.165, 1.54) is 20.8 Å². The number of allylic oxidation sites excluding steroid dienone is 1. The van der Waals surface area contributed by atoms with E-state index in [1.807, 2.05) is 34.6 Å². The Balaban J connectivity index is 1.78. The van der Waals surface area contributed by atoms with Crippen LogP contribution in [0.25, 0.3) is 0 Å².